The summed E-state index contributed by atoms with van der Waals surface area (Å²) >= 11 is 0. The molecule has 0 radical (unpaired) electrons. The molecule has 2 aliphatic heterocycles. The van der Waals surface area contributed by atoms with E-state index in [0.717, 1.165) is 28.1 Å². The van der Waals surface area contributed by atoms with Gasteiger partial charge in [-0.05, 0) is 37.6 Å². The van der Waals surface area contributed by atoms with Crippen molar-refractivity contribution in [3.8, 4) is 0 Å². The van der Waals surface area contributed by atoms with Crippen molar-refractivity contribution < 1.29 is 14.4 Å². The second kappa shape index (κ2) is 6.16. The second-order valence-corrected chi connectivity index (χ2v) is 6.54. The average molecular weight is 336 g/mol. The third-order valence-corrected chi connectivity index (χ3v) is 4.49. The van der Waals surface area contributed by atoms with E-state index in [1.807, 2.05) is 39.1 Å². The zero-order valence-electron chi connectivity index (χ0n) is 14.8. The van der Waals surface area contributed by atoms with Crippen LogP contribution in [-0.4, -0.2) is 41.6 Å². The molecule has 0 fully saturated rings. The van der Waals surface area contributed by atoms with Gasteiger partial charge in [0, 0.05) is 26.2 Å². The summed E-state index contributed by atoms with van der Waals surface area (Å²) in [5.41, 5.74) is 5.27. The normalized spacial score (nSPS) is 15.1. The number of carbonyl (C=O) groups is 3. The molecule has 5 heteroatoms. The molecule has 0 saturated heterocycles. The van der Waals surface area contributed by atoms with Gasteiger partial charge in [-0.2, -0.15) is 0 Å². The van der Waals surface area contributed by atoms with Gasteiger partial charge in [-0.1, -0.05) is 29.3 Å². The quantitative estimate of drug-likeness (QED) is 0.695. The summed E-state index contributed by atoms with van der Waals surface area (Å²) in [6.45, 7) is 4.70. The molecule has 2 heterocycles. The summed E-state index contributed by atoms with van der Waals surface area (Å²) in [7, 11) is 3.33. The molecule has 3 amide bonds. The summed E-state index contributed by atoms with van der Waals surface area (Å²) in [6.07, 6.45) is 0. The van der Waals surface area contributed by atoms with Crippen LogP contribution in [0.3, 0.4) is 0 Å². The van der Waals surface area contributed by atoms with Gasteiger partial charge in [-0.15, -0.1) is 0 Å². The van der Waals surface area contributed by atoms with Crippen molar-refractivity contribution in [2.45, 2.75) is 20.4 Å². The highest BCUT2D eigenvalue weighted by atomic mass is 16.2. The molecule has 0 aromatic heterocycles. The van der Waals surface area contributed by atoms with Crippen LogP contribution < -0.4 is 0 Å². The molecule has 0 N–H and O–H groups in total. The summed E-state index contributed by atoms with van der Waals surface area (Å²) in [4.78, 5) is 37.2. The lowest BCUT2D eigenvalue weighted by molar-refractivity contribution is 0.0692. The number of hydrogen-bond acceptors (Lipinski definition) is 3. The number of fused-ring (bicyclic) bond motifs is 2. The molecule has 0 atom stereocenters. The van der Waals surface area contributed by atoms with Gasteiger partial charge >= 0.3 is 0 Å². The van der Waals surface area contributed by atoms with Gasteiger partial charge in [0.2, 0.25) is 0 Å². The van der Waals surface area contributed by atoms with Crippen LogP contribution in [-0.2, 0) is 6.54 Å². The van der Waals surface area contributed by atoms with E-state index in [-0.39, 0.29) is 17.7 Å². The Kier molecular flexibility index (Phi) is 4.17. The van der Waals surface area contributed by atoms with E-state index >= 15 is 0 Å². The number of amides is 3. The lowest BCUT2D eigenvalue weighted by Gasteiger charge is -2.04. The summed E-state index contributed by atoms with van der Waals surface area (Å²) in [5.74, 6) is -0.270. The van der Waals surface area contributed by atoms with Crippen molar-refractivity contribution in [3.63, 3.8) is 0 Å². The van der Waals surface area contributed by atoms with Crippen LogP contribution >= 0.6 is 0 Å². The first-order valence-corrected chi connectivity index (χ1v) is 8.07. The molecule has 2 aromatic rings. The predicted molar refractivity (Wildman–Crippen MR) is 94.6 cm³/mol. The topological polar surface area (TPSA) is 57.7 Å². The fraction of sp³-hybridized carbons (Fsp3) is 0.250. The zero-order valence-corrected chi connectivity index (χ0v) is 14.8. The highest BCUT2D eigenvalue weighted by Crippen LogP contribution is 2.22. The van der Waals surface area contributed by atoms with Gasteiger partial charge in [0.15, 0.2) is 0 Å². The van der Waals surface area contributed by atoms with Gasteiger partial charge in [-0.3, -0.25) is 19.3 Å². The molecular weight excluding hydrogens is 316 g/mol. The van der Waals surface area contributed by atoms with Gasteiger partial charge in [0.1, 0.15) is 0 Å². The molecule has 2 aromatic carbocycles. The van der Waals surface area contributed by atoms with Gasteiger partial charge in [-0.25, -0.2) is 0 Å². The van der Waals surface area contributed by atoms with Crippen LogP contribution in [0.5, 0.6) is 0 Å². The predicted octanol–water partition coefficient (Wildman–Crippen LogP) is 2.80. The maximum Gasteiger partial charge on any atom is 0.261 e. The lowest BCUT2D eigenvalue weighted by Crippen LogP contribution is -2.24. The Morgan fingerprint density at radius 1 is 0.720 bits per heavy atom. The molecule has 128 valence electrons. The fourth-order valence-corrected chi connectivity index (χ4v) is 3.07. The minimum absolute atomic E-state index is 0.144. The van der Waals surface area contributed by atoms with Crippen molar-refractivity contribution in [2.75, 3.05) is 14.1 Å². The Morgan fingerprint density at radius 3 is 1.96 bits per heavy atom. The van der Waals surface area contributed by atoms with Crippen LogP contribution in [0.25, 0.3) is 0 Å². The van der Waals surface area contributed by atoms with Gasteiger partial charge < -0.3 is 4.90 Å². The number of carbonyl (C=O) groups excluding carboxylic acids is 3. The van der Waals surface area contributed by atoms with Gasteiger partial charge in [0.05, 0.1) is 11.1 Å². The molecule has 0 aliphatic carbocycles. The van der Waals surface area contributed by atoms with Crippen LogP contribution in [0.4, 0.5) is 0 Å². The maximum atomic E-state index is 11.5. The molecule has 0 unspecified atom stereocenters. The Labute approximate surface area is 146 Å². The number of imide groups is 1. The summed E-state index contributed by atoms with van der Waals surface area (Å²) < 4.78 is 0. The number of rotatable bonds is 0. The van der Waals surface area contributed by atoms with E-state index < -0.39 is 0 Å². The molecule has 5 nitrogen and oxygen atoms in total. The van der Waals surface area contributed by atoms with Gasteiger partial charge in [0.25, 0.3) is 17.7 Å². The van der Waals surface area contributed by atoms with E-state index in [1.165, 1.54) is 12.6 Å². The van der Waals surface area contributed by atoms with Crippen molar-refractivity contribution in [2.24, 2.45) is 0 Å². The number of benzene rings is 2. The highest BCUT2D eigenvalue weighted by molar-refractivity contribution is 6.21. The number of hydrogen-bond donors (Lipinski definition) is 0. The fourth-order valence-electron chi connectivity index (χ4n) is 3.07. The van der Waals surface area contributed by atoms with Crippen molar-refractivity contribution >= 4 is 17.7 Å². The zero-order chi connectivity index (χ0) is 18.3. The molecular formula is C20H20N2O3. The van der Waals surface area contributed by atoms with E-state index in [9.17, 15) is 14.4 Å². The first kappa shape index (κ1) is 16.9. The molecule has 0 saturated carbocycles. The monoisotopic (exact) mass is 336 g/mol. The van der Waals surface area contributed by atoms with E-state index in [2.05, 4.69) is 6.07 Å². The van der Waals surface area contributed by atoms with Crippen LogP contribution in [0.1, 0.15) is 47.8 Å². The molecule has 0 bridgehead atoms. The first-order valence-electron chi connectivity index (χ1n) is 8.07. The summed E-state index contributed by atoms with van der Waals surface area (Å²) in [5, 5.41) is 0. The Balaban J connectivity index is 0.000000146. The third-order valence-electron chi connectivity index (χ3n) is 4.49. The van der Waals surface area contributed by atoms with E-state index in [1.54, 1.807) is 17.0 Å². The maximum absolute atomic E-state index is 11.5. The van der Waals surface area contributed by atoms with Crippen molar-refractivity contribution in [1.82, 2.24) is 9.80 Å². The SMILES string of the molecule is Cc1ccc2c(c1)C(=O)N(C)C2=O.Cc1ccc2c(c1)CN(C)C2=O. The number of aryl methyl sites for hydroxylation is 2. The highest BCUT2D eigenvalue weighted by Gasteiger charge is 2.32. The third kappa shape index (κ3) is 2.93. The largest absolute Gasteiger partial charge is 0.337 e. The number of nitrogens with zero attached hydrogens (tertiary/aromatic N) is 2. The molecule has 4 rings (SSSR count). The van der Waals surface area contributed by atoms with Crippen LogP contribution in [0, 0.1) is 13.8 Å². The minimum Gasteiger partial charge on any atom is -0.337 e. The minimum atomic E-state index is -0.208. The summed E-state index contributed by atoms with van der Waals surface area (Å²) in [6, 6.07) is 11.3. The lowest BCUT2D eigenvalue weighted by atomic mass is 10.1. The van der Waals surface area contributed by atoms with Crippen LogP contribution in [0.2, 0.25) is 0 Å². The Hall–Kier alpha value is -2.95. The van der Waals surface area contributed by atoms with E-state index in [0.29, 0.717) is 11.1 Å². The smallest absolute Gasteiger partial charge is 0.261 e. The Bertz CT molecular complexity index is 902. The average Bonchev–Trinajstić information content (AvgIpc) is 2.97. The second-order valence-electron chi connectivity index (χ2n) is 6.54. The Morgan fingerprint density at radius 2 is 1.28 bits per heavy atom. The van der Waals surface area contributed by atoms with Crippen molar-refractivity contribution in [3.05, 3.63) is 69.8 Å². The van der Waals surface area contributed by atoms with Crippen molar-refractivity contribution in [1.29, 1.82) is 0 Å². The van der Waals surface area contributed by atoms with Crippen LogP contribution in [0.15, 0.2) is 36.4 Å². The molecule has 2 aliphatic rings. The molecule has 0 spiro atoms. The van der Waals surface area contributed by atoms with E-state index in [4.69, 9.17) is 0 Å². The molecule has 25 heavy (non-hydrogen) atoms. The standard InChI is InChI=1S/C10H9NO2.C10H11NO/c1-6-3-4-7-8(5-6)10(13)11(2)9(7)12;1-7-3-4-9-8(5-7)6-11(2)10(9)12/h3-5H,1-2H3;3-5H,6H2,1-2H3. The first-order chi connectivity index (χ1) is 11.8.